The van der Waals surface area contributed by atoms with Gasteiger partial charge in [-0.05, 0) is 52.2 Å². The molecule has 2 aromatic rings. The first-order valence-corrected chi connectivity index (χ1v) is 7.37. The molecule has 0 saturated heterocycles. The van der Waals surface area contributed by atoms with E-state index in [1.165, 1.54) is 0 Å². The van der Waals surface area contributed by atoms with E-state index in [0.29, 0.717) is 5.56 Å². The van der Waals surface area contributed by atoms with Gasteiger partial charge in [-0.3, -0.25) is 4.79 Å². The van der Waals surface area contributed by atoms with Crippen molar-refractivity contribution in [2.75, 3.05) is 7.11 Å². The molecule has 0 bridgehead atoms. The number of hydrogen-bond acceptors (Lipinski definition) is 4. The van der Waals surface area contributed by atoms with E-state index in [2.05, 4.69) is 33.1 Å². The molecule has 0 spiro atoms. The van der Waals surface area contributed by atoms with Crippen LogP contribution in [0.2, 0.25) is 0 Å². The van der Waals surface area contributed by atoms with Gasteiger partial charge in [-0.15, -0.1) is 11.3 Å². The summed E-state index contributed by atoms with van der Waals surface area (Å²) in [4.78, 5) is 12.8. The van der Waals surface area contributed by atoms with E-state index in [4.69, 9.17) is 4.74 Å². The number of carbonyl (C=O) groups is 1. The lowest BCUT2D eigenvalue weighted by atomic mass is 10.2. The standard InChI is InChI=1S/C13H11IN2O2S/c1-18-12-5-4-9(7-11(12)14)13(17)16-15-8-10-3-2-6-19-10/h2-8H,1H3,(H,16,17). The highest BCUT2D eigenvalue weighted by molar-refractivity contribution is 14.1. The minimum atomic E-state index is -0.242. The Hall–Kier alpha value is -1.41. The van der Waals surface area contributed by atoms with Gasteiger partial charge in [0.1, 0.15) is 5.75 Å². The van der Waals surface area contributed by atoms with Crippen molar-refractivity contribution >= 4 is 46.0 Å². The van der Waals surface area contributed by atoms with Crippen molar-refractivity contribution in [3.8, 4) is 5.75 Å². The predicted octanol–water partition coefficient (Wildman–Crippen LogP) is 3.13. The Bertz CT molecular complexity index is 597. The van der Waals surface area contributed by atoms with Crippen LogP contribution in [0.15, 0.2) is 40.8 Å². The Balaban J connectivity index is 2.02. The summed E-state index contributed by atoms with van der Waals surface area (Å²) in [5.41, 5.74) is 3.04. The average molecular weight is 386 g/mol. The van der Waals surface area contributed by atoms with Crippen molar-refractivity contribution in [1.29, 1.82) is 0 Å². The fourth-order valence-electron chi connectivity index (χ4n) is 1.39. The number of methoxy groups -OCH3 is 1. The number of carbonyl (C=O) groups excluding carboxylic acids is 1. The molecule has 0 unspecified atom stereocenters. The monoisotopic (exact) mass is 386 g/mol. The summed E-state index contributed by atoms with van der Waals surface area (Å²) in [6.07, 6.45) is 1.62. The first-order valence-electron chi connectivity index (χ1n) is 5.41. The molecule has 0 fully saturated rings. The van der Waals surface area contributed by atoms with Gasteiger partial charge in [-0.2, -0.15) is 5.10 Å². The lowest BCUT2D eigenvalue weighted by molar-refractivity contribution is 0.0955. The maximum atomic E-state index is 11.9. The fraction of sp³-hybridized carbons (Fsp3) is 0.0769. The molecule has 19 heavy (non-hydrogen) atoms. The van der Waals surface area contributed by atoms with Crippen LogP contribution in [-0.4, -0.2) is 19.2 Å². The van der Waals surface area contributed by atoms with Crippen LogP contribution in [0.4, 0.5) is 0 Å². The van der Waals surface area contributed by atoms with Gasteiger partial charge in [-0.25, -0.2) is 5.43 Å². The van der Waals surface area contributed by atoms with E-state index in [-0.39, 0.29) is 5.91 Å². The van der Waals surface area contributed by atoms with Crippen LogP contribution in [0.1, 0.15) is 15.2 Å². The number of amides is 1. The van der Waals surface area contributed by atoms with Gasteiger partial charge in [0, 0.05) is 10.4 Å². The minimum absolute atomic E-state index is 0.242. The Morgan fingerprint density at radius 1 is 1.47 bits per heavy atom. The van der Waals surface area contributed by atoms with E-state index >= 15 is 0 Å². The molecule has 1 aromatic carbocycles. The maximum absolute atomic E-state index is 11.9. The molecule has 1 heterocycles. The van der Waals surface area contributed by atoms with Crippen molar-refractivity contribution in [2.45, 2.75) is 0 Å². The zero-order chi connectivity index (χ0) is 13.7. The number of rotatable bonds is 4. The first kappa shape index (κ1) is 14.0. The van der Waals surface area contributed by atoms with Gasteiger partial charge >= 0.3 is 0 Å². The molecule has 1 aromatic heterocycles. The zero-order valence-corrected chi connectivity index (χ0v) is 13.1. The van der Waals surface area contributed by atoms with Crippen LogP contribution in [0.25, 0.3) is 0 Å². The molecule has 0 aliphatic rings. The van der Waals surface area contributed by atoms with E-state index in [9.17, 15) is 4.79 Å². The molecule has 0 atom stereocenters. The van der Waals surface area contributed by atoms with Crippen molar-refractivity contribution in [2.24, 2.45) is 5.10 Å². The summed E-state index contributed by atoms with van der Waals surface area (Å²) in [5.74, 6) is 0.507. The van der Waals surface area contributed by atoms with Crippen molar-refractivity contribution in [3.05, 3.63) is 49.7 Å². The van der Waals surface area contributed by atoms with Gasteiger partial charge in [-0.1, -0.05) is 6.07 Å². The smallest absolute Gasteiger partial charge is 0.271 e. The van der Waals surface area contributed by atoms with Crippen LogP contribution in [0, 0.1) is 3.57 Å². The first-order chi connectivity index (χ1) is 9.20. The van der Waals surface area contributed by atoms with Crippen LogP contribution in [0.3, 0.4) is 0 Å². The van der Waals surface area contributed by atoms with Gasteiger partial charge in [0.25, 0.3) is 5.91 Å². The highest BCUT2D eigenvalue weighted by Crippen LogP contribution is 2.21. The predicted molar refractivity (Wildman–Crippen MR) is 85.1 cm³/mol. The Labute approximate surface area is 128 Å². The average Bonchev–Trinajstić information content (AvgIpc) is 2.91. The SMILES string of the molecule is COc1ccc(C(=O)NN=Cc2cccs2)cc1I. The summed E-state index contributed by atoms with van der Waals surface area (Å²) >= 11 is 3.68. The third kappa shape index (κ3) is 3.77. The lowest BCUT2D eigenvalue weighted by Gasteiger charge is -2.05. The summed E-state index contributed by atoms with van der Waals surface area (Å²) in [6.45, 7) is 0. The van der Waals surface area contributed by atoms with Gasteiger partial charge in [0.2, 0.25) is 0 Å². The van der Waals surface area contributed by atoms with Crippen molar-refractivity contribution in [1.82, 2.24) is 5.43 Å². The molecular formula is C13H11IN2O2S. The molecule has 98 valence electrons. The normalized spacial score (nSPS) is 10.6. The van der Waals surface area contributed by atoms with Gasteiger partial charge in [0.05, 0.1) is 16.9 Å². The Kier molecular flexibility index (Phi) is 4.92. The third-order valence-electron chi connectivity index (χ3n) is 2.32. The Morgan fingerprint density at radius 2 is 2.32 bits per heavy atom. The maximum Gasteiger partial charge on any atom is 0.271 e. The van der Waals surface area contributed by atoms with Crippen molar-refractivity contribution < 1.29 is 9.53 Å². The second-order valence-corrected chi connectivity index (χ2v) is 5.71. The molecule has 1 amide bonds. The molecule has 0 radical (unpaired) electrons. The summed E-state index contributed by atoms with van der Waals surface area (Å²) in [5, 5.41) is 5.87. The largest absolute Gasteiger partial charge is 0.496 e. The summed E-state index contributed by atoms with van der Waals surface area (Å²) < 4.78 is 6.03. The minimum Gasteiger partial charge on any atom is -0.496 e. The fourth-order valence-corrected chi connectivity index (χ4v) is 2.71. The number of nitrogens with zero attached hydrogens (tertiary/aromatic N) is 1. The topological polar surface area (TPSA) is 50.7 Å². The molecule has 1 N–H and O–H groups in total. The zero-order valence-electron chi connectivity index (χ0n) is 10.1. The molecule has 2 rings (SSSR count). The van der Waals surface area contributed by atoms with Gasteiger partial charge in [0.15, 0.2) is 0 Å². The molecule has 0 aliphatic carbocycles. The molecule has 0 aliphatic heterocycles. The Morgan fingerprint density at radius 3 is 2.95 bits per heavy atom. The number of hydrogen-bond donors (Lipinski definition) is 1. The van der Waals surface area contributed by atoms with Crippen molar-refractivity contribution in [3.63, 3.8) is 0 Å². The van der Waals surface area contributed by atoms with Crippen LogP contribution in [0.5, 0.6) is 5.75 Å². The number of thiophene rings is 1. The number of benzene rings is 1. The third-order valence-corrected chi connectivity index (χ3v) is 3.96. The number of hydrazone groups is 1. The van der Waals surface area contributed by atoms with Crippen LogP contribution < -0.4 is 10.2 Å². The number of halogens is 1. The highest BCUT2D eigenvalue weighted by atomic mass is 127. The molecular weight excluding hydrogens is 375 g/mol. The molecule has 0 saturated carbocycles. The molecule has 4 nitrogen and oxygen atoms in total. The van der Waals surface area contributed by atoms with E-state index in [1.54, 1.807) is 42.9 Å². The molecule has 6 heteroatoms. The van der Waals surface area contributed by atoms with E-state index in [1.807, 2.05) is 17.5 Å². The van der Waals surface area contributed by atoms with Gasteiger partial charge < -0.3 is 4.74 Å². The second-order valence-electron chi connectivity index (χ2n) is 3.56. The van der Waals surface area contributed by atoms with Crippen LogP contribution in [-0.2, 0) is 0 Å². The lowest BCUT2D eigenvalue weighted by Crippen LogP contribution is -2.17. The number of ether oxygens (including phenoxy) is 1. The highest BCUT2D eigenvalue weighted by Gasteiger charge is 2.07. The summed E-state index contributed by atoms with van der Waals surface area (Å²) in [6, 6.07) is 9.09. The number of nitrogens with one attached hydrogen (secondary N) is 1. The van der Waals surface area contributed by atoms with E-state index < -0.39 is 0 Å². The van der Waals surface area contributed by atoms with Crippen LogP contribution >= 0.6 is 33.9 Å². The van der Waals surface area contributed by atoms with E-state index in [0.717, 1.165) is 14.2 Å². The summed E-state index contributed by atoms with van der Waals surface area (Å²) in [7, 11) is 1.60. The second kappa shape index (κ2) is 6.67. The quantitative estimate of drug-likeness (QED) is 0.499.